The lowest BCUT2D eigenvalue weighted by atomic mass is 10.1. The lowest BCUT2D eigenvalue weighted by Gasteiger charge is -2.18. The van der Waals surface area contributed by atoms with Gasteiger partial charge < -0.3 is 10.1 Å². The van der Waals surface area contributed by atoms with Gasteiger partial charge >= 0.3 is 0 Å². The van der Waals surface area contributed by atoms with Crippen LogP contribution in [0.25, 0.3) is 0 Å². The van der Waals surface area contributed by atoms with Gasteiger partial charge in [0.25, 0.3) is 5.91 Å². The lowest BCUT2D eigenvalue weighted by Crippen LogP contribution is -2.23. The SMILES string of the molecule is CCN(CC)Cc1ccc(C(=O)NCc2cccc(OCc3ccccn3)c2)cc1. The monoisotopic (exact) mass is 403 g/mol. The Morgan fingerprint density at radius 1 is 0.967 bits per heavy atom. The number of carbonyl (C=O) groups excluding carboxylic acids is 1. The van der Waals surface area contributed by atoms with Crippen LogP contribution >= 0.6 is 0 Å². The van der Waals surface area contributed by atoms with E-state index in [9.17, 15) is 4.79 Å². The van der Waals surface area contributed by atoms with Crippen LogP contribution in [0, 0.1) is 0 Å². The van der Waals surface area contributed by atoms with E-state index in [1.54, 1.807) is 6.20 Å². The molecule has 0 saturated heterocycles. The summed E-state index contributed by atoms with van der Waals surface area (Å²) < 4.78 is 5.81. The van der Waals surface area contributed by atoms with E-state index in [-0.39, 0.29) is 5.91 Å². The molecule has 3 aromatic rings. The molecule has 0 aliphatic rings. The van der Waals surface area contributed by atoms with Gasteiger partial charge in [0, 0.05) is 24.8 Å². The van der Waals surface area contributed by atoms with Crippen molar-refractivity contribution in [3.8, 4) is 5.75 Å². The van der Waals surface area contributed by atoms with Crippen molar-refractivity contribution in [2.24, 2.45) is 0 Å². The van der Waals surface area contributed by atoms with E-state index in [1.165, 1.54) is 5.56 Å². The molecule has 0 unspecified atom stereocenters. The first-order valence-corrected chi connectivity index (χ1v) is 10.4. The Hall–Kier alpha value is -3.18. The number of nitrogens with one attached hydrogen (secondary N) is 1. The summed E-state index contributed by atoms with van der Waals surface area (Å²) in [5.41, 5.74) is 3.74. The molecule has 2 aromatic carbocycles. The first-order chi connectivity index (χ1) is 14.7. The van der Waals surface area contributed by atoms with Crippen molar-refractivity contribution in [1.82, 2.24) is 15.2 Å². The van der Waals surface area contributed by atoms with Gasteiger partial charge in [0.15, 0.2) is 0 Å². The lowest BCUT2D eigenvalue weighted by molar-refractivity contribution is 0.0951. The number of hydrogen-bond acceptors (Lipinski definition) is 4. The largest absolute Gasteiger partial charge is 0.487 e. The second-order valence-corrected chi connectivity index (χ2v) is 7.10. The molecule has 0 atom stereocenters. The fourth-order valence-corrected chi connectivity index (χ4v) is 3.14. The molecule has 0 aliphatic heterocycles. The van der Waals surface area contributed by atoms with Gasteiger partial charge in [-0.15, -0.1) is 0 Å². The number of rotatable bonds is 10. The Labute approximate surface area is 178 Å². The highest BCUT2D eigenvalue weighted by molar-refractivity contribution is 5.94. The van der Waals surface area contributed by atoms with Crippen molar-refractivity contribution in [1.29, 1.82) is 0 Å². The third-order valence-electron chi connectivity index (χ3n) is 4.98. The highest BCUT2D eigenvalue weighted by atomic mass is 16.5. The highest BCUT2D eigenvalue weighted by Crippen LogP contribution is 2.15. The van der Waals surface area contributed by atoms with Gasteiger partial charge in [0.1, 0.15) is 12.4 Å². The van der Waals surface area contributed by atoms with Crippen molar-refractivity contribution in [3.05, 3.63) is 95.3 Å². The number of nitrogens with zero attached hydrogens (tertiary/aromatic N) is 2. The molecule has 156 valence electrons. The maximum absolute atomic E-state index is 12.5. The molecule has 1 amide bonds. The van der Waals surface area contributed by atoms with E-state index in [4.69, 9.17) is 4.74 Å². The Morgan fingerprint density at radius 3 is 2.47 bits per heavy atom. The van der Waals surface area contributed by atoms with Crippen molar-refractivity contribution >= 4 is 5.91 Å². The second-order valence-electron chi connectivity index (χ2n) is 7.10. The molecule has 1 aromatic heterocycles. The Balaban J connectivity index is 1.51. The summed E-state index contributed by atoms with van der Waals surface area (Å²) in [4.78, 5) is 19.1. The van der Waals surface area contributed by atoms with Crippen LogP contribution in [-0.2, 0) is 19.7 Å². The van der Waals surface area contributed by atoms with Gasteiger partial charge in [-0.05, 0) is 60.6 Å². The topological polar surface area (TPSA) is 54.5 Å². The first kappa shape index (κ1) is 21.5. The summed E-state index contributed by atoms with van der Waals surface area (Å²) in [5.74, 6) is 0.678. The van der Waals surface area contributed by atoms with Gasteiger partial charge in [-0.1, -0.05) is 44.2 Å². The number of amides is 1. The summed E-state index contributed by atoms with van der Waals surface area (Å²) in [7, 11) is 0. The van der Waals surface area contributed by atoms with Crippen molar-refractivity contribution in [2.45, 2.75) is 33.5 Å². The van der Waals surface area contributed by atoms with Gasteiger partial charge in [-0.3, -0.25) is 14.7 Å². The van der Waals surface area contributed by atoms with Crippen LogP contribution in [0.5, 0.6) is 5.75 Å². The van der Waals surface area contributed by atoms with Crippen LogP contribution in [0.1, 0.15) is 41.0 Å². The molecule has 0 aliphatic carbocycles. The number of ether oxygens (including phenoxy) is 1. The number of hydrogen-bond donors (Lipinski definition) is 1. The summed E-state index contributed by atoms with van der Waals surface area (Å²) in [5, 5.41) is 2.98. The van der Waals surface area contributed by atoms with Gasteiger partial charge in [0.05, 0.1) is 5.69 Å². The quantitative estimate of drug-likeness (QED) is 0.544. The van der Waals surface area contributed by atoms with Gasteiger partial charge in [-0.25, -0.2) is 0 Å². The predicted molar refractivity (Wildman–Crippen MR) is 119 cm³/mol. The van der Waals surface area contributed by atoms with Crippen LogP contribution in [0.2, 0.25) is 0 Å². The van der Waals surface area contributed by atoms with Crippen molar-refractivity contribution < 1.29 is 9.53 Å². The number of pyridine rings is 1. The molecule has 3 rings (SSSR count). The van der Waals surface area contributed by atoms with Gasteiger partial charge in [-0.2, -0.15) is 0 Å². The normalized spacial score (nSPS) is 10.8. The molecular formula is C25H29N3O2. The summed E-state index contributed by atoms with van der Waals surface area (Å²) in [6.45, 7) is 8.11. The summed E-state index contributed by atoms with van der Waals surface area (Å²) in [6, 6.07) is 21.3. The number of carbonyl (C=O) groups is 1. The first-order valence-electron chi connectivity index (χ1n) is 10.4. The van der Waals surface area contributed by atoms with Crippen LogP contribution in [0.4, 0.5) is 0 Å². The minimum atomic E-state index is -0.0794. The summed E-state index contributed by atoms with van der Waals surface area (Å²) >= 11 is 0. The molecule has 0 fully saturated rings. The summed E-state index contributed by atoms with van der Waals surface area (Å²) in [6.07, 6.45) is 1.75. The van der Waals surface area contributed by atoms with E-state index in [1.807, 2.05) is 66.7 Å². The van der Waals surface area contributed by atoms with Crippen molar-refractivity contribution in [3.63, 3.8) is 0 Å². The predicted octanol–water partition coefficient (Wildman–Crippen LogP) is 4.43. The van der Waals surface area contributed by atoms with Crippen LogP contribution in [-0.4, -0.2) is 28.9 Å². The molecule has 0 saturated carbocycles. The zero-order valence-electron chi connectivity index (χ0n) is 17.7. The minimum absolute atomic E-state index is 0.0794. The maximum Gasteiger partial charge on any atom is 0.251 e. The smallest absolute Gasteiger partial charge is 0.251 e. The van der Waals surface area contributed by atoms with E-state index >= 15 is 0 Å². The zero-order valence-corrected chi connectivity index (χ0v) is 17.7. The molecule has 0 bridgehead atoms. The Kier molecular flexibility index (Phi) is 7.98. The maximum atomic E-state index is 12.5. The molecule has 0 radical (unpaired) electrons. The molecule has 1 heterocycles. The highest BCUT2D eigenvalue weighted by Gasteiger charge is 2.07. The van der Waals surface area contributed by atoms with Crippen molar-refractivity contribution in [2.75, 3.05) is 13.1 Å². The molecule has 1 N–H and O–H groups in total. The minimum Gasteiger partial charge on any atom is -0.487 e. The number of aromatic nitrogens is 1. The molecule has 5 heteroatoms. The Morgan fingerprint density at radius 2 is 1.77 bits per heavy atom. The number of benzene rings is 2. The average Bonchev–Trinajstić information content (AvgIpc) is 2.81. The molecule has 30 heavy (non-hydrogen) atoms. The molecule has 5 nitrogen and oxygen atoms in total. The van der Waals surface area contributed by atoms with Gasteiger partial charge in [0.2, 0.25) is 0 Å². The fraction of sp³-hybridized carbons (Fsp3) is 0.280. The van der Waals surface area contributed by atoms with E-state index in [2.05, 4.69) is 29.0 Å². The van der Waals surface area contributed by atoms with E-state index < -0.39 is 0 Å². The van der Waals surface area contributed by atoms with Crippen LogP contribution in [0.15, 0.2) is 72.9 Å². The third kappa shape index (κ3) is 6.42. The van der Waals surface area contributed by atoms with E-state index in [0.29, 0.717) is 18.7 Å². The Bertz CT molecular complexity index is 923. The standard InChI is InChI=1S/C25H29N3O2/c1-3-28(4-2)18-20-11-13-22(14-12-20)25(29)27-17-21-8-7-10-24(16-21)30-19-23-9-5-6-15-26-23/h5-16H,3-4,17-19H2,1-2H3,(H,27,29). The molecule has 0 spiro atoms. The zero-order chi connectivity index (χ0) is 21.2. The van der Waals surface area contributed by atoms with Crippen LogP contribution < -0.4 is 10.1 Å². The second kappa shape index (κ2) is 11.1. The average molecular weight is 404 g/mol. The molecular weight excluding hydrogens is 374 g/mol. The third-order valence-corrected chi connectivity index (χ3v) is 4.98. The van der Waals surface area contributed by atoms with E-state index in [0.717, 1.165) is 36.6 Å². The van der Waals surface area contributed by atoms with Crippen LogP contribution in [0.3, 0.4) is 0 Å². The fourth-order valence-electron chi connectivity index (χ4n) is 3.14.